The Hall–Kier alpha value is -1.11. The summed E-state index contributed by atoms with van der Waals surface area (Å²) >= 11 is 2.18. The smallest absolute Gasteiger partial charge is 0.253 e. The largest absolute Gasteiger partial charge is 0.369 e. The first-order chi connectivity index (χ1) is 8.49. The van der Waals surface area contributed by atoms with Crippen LogP contribution in [0.3, 0.4) is 0 Å². The molecule has 0 spiro atoms. The lowest BCUT2D eigenvalue weighted by molar-refractivity contribution is -0.122. The zero-order chi connectivity index (χ0) is 13.3. The van der Waals surface area contributed by atoms with E-state index in [1.54, 1.807) is 11.0 Å². The zero-order valence-corrected chi connectivity index (χ0v) is 12.3. The van der Waals surface area contributed by atoms with Crippen molar-refractivity contribution in [1.82, 2.24) is 4.90 Å². The van der Waals surface area contributed by atoms with Crippen LogP contribution in [0.5, 0.6) is 0 Å². The van der Waals surface area contributed by atoms with Crippen molar-refractivity contribution in [2.45, 2.75) is 6.92 Å². The normalized spacial score (nSPS) is 23.1. The molecule has 1 aliphatic rings. The van der Waals surface area contributed by atoms with Crippen LogP contribution in [0.2, 0.25) is 0 Å². The molecule has 96 valence electrons. The van der Waals surface area contributed by atoms with Crippen molar-refractivity contribution in [2.75, 3.05) is 13.1 Å². The van der Waals surface area contributed by atoms with E-state index in [1.807, 2.05) is 25.1 Å². The lowest BCUT2D eigenvalue weighted by Gasteiger charge is -2.16. The van der Waals surface area contributed by atoms with Gasteiger partial charge in [-0.2, -0.15) is 0 Å². The SMILES string of the molecule is C[C@@H]1CN(C(=O)c2cccc(I)c2)C[C@H]1C(N)=O. The molecule has 0 radical (unpaired) electrons. The van der Waals surface area contributed by atoms with Crippen molar-refractivity contribution >= 4 is 34.4 Å². The van der Waals surface area contributed by atoms with Gasteiger partial charge in [-0.05, 0) is 46.7 Å². The number of likely N-dealkylation sites (tertiary alicyclic amines) is 1. The molecule has 1 heterocycles. The van der Waals surface area contributed by atoms with Crippen LogP contribution in [-0.2, 0) is 4.79 Å². The summed E-state index contributed by atoms with van der Waals surface area (Å²) in [4.78, 5) is 25.3. The lowest BCUT2D eigenvalue weighted by atomic mass is 9.98. The molecule has 18 heavy (non-hydrogen) atoms. The Balaban J connectivity index is 2.14. The van der Waals surface area contributed by atoms with Crippen LogP contribution in [0.15, 0.2) is 24.3 Å². The van der Waals surface area contributed by atoms with Gasteiger partial charge in [0, 0.05) is 22.2 Å². The summed E-state index contributed by atoms with van der Waals surface area (Å²) in [7, 11) is 0. The molecule has 1 aliphatic heterocycles. The number of carbonyl (C=O) groups is 2. The van der Waals surface area contributed by atoms with Gasteiger partial charge in [0.1, 0.15) is 0 Å². The van der Waals surface area contributed by atoms with Crippen molar-refractivity contribution in [3.05, 3.63) is 33.4 Å². The van der Waals surface area contributed by atoms with Gasteiger partial charge in [0.05, 0.1) is 5.92 Å². The number of nitrogens with zero attached hydrogens (tertiary/aromatic N) is 1. The minimum Gasteiger partial charge on any atom is -0.369 e. The summed E-state index contributed by atoms with van der Waals surface area (Å²) in [5.41, 5.74) is 6.00. The Morgan fingerprint density at radius 1 is 1.39 bits per heavy atom. The number of primary amides is 1. The van der Waals surface area contributed by atoms with E-state index in [9.17, 15) is 9.59 Å². The molecule has 4 nitrogen and oxygen atoms in total. The molecule has 1 saturated heterocycles. The molecule has 5 heteroatoms. The van der Waals surface area contributed by atoms with Crippen molar-refractivity contribution in [3.8, 4) is 0 Å². The molecule has 0 saturated carbocycles. The van der Waals surface area contributed by atoms with E-state index in [0.717, 1.165) is 3.57 Å². The zero-order valence-electron chi connectivity index (χ0n) is 10.1. The maximum Gasteiger partial charge on any atom is 0.253 e. The minimum absolute atomic E-state index is 0.0240. The van der Waals surface area contributed by atoms with Gasteiger partial charge in [-0.3, -0.25) is 9.59 Å². The maximum absolute atomic E-state index is 12.3. The first-order valence-electron chi connectivity index (χ1n) is 5.83. The van der Waals surface area contributed by atoms with E-state index >= 15 is 0 Å². The first-order valence-corrected chi connectivity index (χ1v) is 6.91. The number of nitrogens with two attached hydrogens (primary N) is 1. The van der Waals surface area contributed by atoms with Crippen LogP contribution in [-0.4, -0.2) is 29.8 Å². The number of hydrogen-bond donors (Lipinski definition) is 1. The van der Waals surface area contributed by atoms with Gasteiger partial charge in [-0.1, -0.05) is 13.0 Å². The number of carbonyl (C=O) groups excluding carboxylic acids is 2. The summed E-state index contributed by atoms with van der Waals surface area (Å²) < 4.78 is 1.03. The highest BCUT2D eigenvalue weighted by atomic mass is 127. The lowest BCUT2D eigenvalue weighted by Crippen LogP contribution is -2.32. The van der Waals surface area contributed by atoms with Crippen molar-refractivity contribution in [1.29, 1.82) is 0 Å². The fourth-order valence-electron chi connectivity index (χ4n) is 2.31. The Kier molecular flexibility index (Phi) is 3.89. The van der Waals surface area contributed by atoms with E-state index < -0.39 is 0 Å². The predicted octanol–water partition coefficient (Wildman–Crippen LogP) is 1.48. The number of benzene rings is 1. The van der Waals surface area contributed by atoms with Crippen LogP contribution in [0, 0.1) is 15.4 Å². The van der Waals surface area contributed by atoms with Gasteiger partial charge in [0.15, 0.2) is 0 Å². The van der Waals surface area contributed by atoms with Crippen molar-refractivity contribution in [3.63, 3.8) is 0 Å². The first kappa shape index (κ1) is 13.3. The van der Waals surface area contributed by atoms with E-state index in [0.29, 0.717) is 18.7 Å². The van der Waals surface area contributed by atoms with Crippen LogP contribution in [0.25, 0.3) is 0 Å². The van der Waals surface area contributed by atoms with Gasteiger partial charge in [-0.15, -0.1) is 0 Å². The Labute approximate surface area is 120 Å². The minimum atomic E-state index is -0.319. The number of rotatable bonds is 2. The molecule has 1 aromatic carbocycles. The highest BCUT2D eigenvalue weighted by Gasteiger charge is 2.35. The Morgan fingerprint density at radius 3 is 2.67 bits per heavy atom. The fourth-order valence-corrected chi connectivity index (χ4v) is 2.85. The highest BCUT2D eigenvalue weighted by molar-refractivity contribution is 14.1. The van der Waals surface area contributed by atoms with Crippen LogP contribution in [0.1, 0.15) is 17.3 Å². The van der Waals surface area contributed by atoms with Crippen LogP contribution in [0.4, 0.5) is 0 Å². The van der Waals surface area contributed by atoms with E-state index in [-0.39, 0.29) is 23.7 Å². The van der Waals surface area contributed by atoms with Gasteiger partial charge >= 0.3 is 0 Å². The summed E-state index contributed by atoms with van der Waals surface area (Å²) in [6, 6.07) is 7.45. The number of hydrogen-bond acceptors (Lipinski definition) is 2. The van der Waals surface area contributed by atoms with Crippen molar-refractivity contribution in [2.24, 2.45) is 17.6 Å². The second-order valence-corrected chi connectivity index (χ2v) is 5.95. The van der Waals surface area contributed by atoms with Gasteiger partial charge in [-0.25, -0.2) is 0 Å². The fraction of sp³-hybridized carbons (Fsp3) is 0.385. The molecule has 2 atom stereocenters. The molecule has 0 aromatic heterocycles. The van der Waals surface area contributed by atoms with Crippen LogP contribution >= 0.6 is 22.6 Å². The Bertz CT molecular complexity index is 490. The molecule has 1 aromatic rings. The molecule has 1 fully saturated rings. The van der Waals surface area contributed by atoms with Crippen molar-refractivity contribution < 1.29 is 9.59 Å². The standard InChI is InChI=1S/C13H15IN2O2/c1-8-6-16(7-11(8)12(15)17)13(18)9-3-2-4-10(14)5-9/h2-5,8,11H,6-7H2,1H3,(H2,15,17)/t8-,11-/m1/s1. The average Bonchev–Trinajstić information content (AvgIpc) is 2.70. The third-order valence-corrected chi connectivity index (χ3v) is 4.01. The Morgan fingerprint density at radius 2 is 2.11 bits per heavy atom. The second-order valence-electron chi connectivity index (χ2n) is 4.71. The third-order valence-electron chi connectivity index (χ3n) is 3.34. The van der Waals surface area contributed by atoms with Crippen LogP contribution < -0.4 is 5.73 Å². The summed E-state index contributed by atoms with van der Waals surface area (Å²) in [5, 5.41) is 0. The van der Waals surface area contributed by atoms with E-state index in [4.69, 9.17) is 5.73 Å². The molecular formula is C13H15IN2O2. The second kappa shape index (κ2) is 5.26. The number of halogens is 1. The average molecular weight is 358 g/mol. The van der Waals surface area contributed by atoms with E-state index in [2.05, 4.69) is 22.6 Å². The summed E-state index contributed by atoms with van der Waals surface area (Å²) in [6.07, 6.45) is 0. The quantitative estimate of drug-likeness (QED) is 0.815. The number of amides is 2. The molecule has 0 unspecified atom stereocenters. The topological polar surface area (TPSA) is 63.4 Å². The highest BCUT2D eigenvalue weighted by Crippen LogP contribution is 2.24. The van der Waals surface area contributed by atoms with Gasteiger partial charge < -0.3 is 10.6 Å². The molecule has 2 amide bonds. The molecular weight excluding hydrogens is 343 g/mol. The monoisotopic (exact) mass is 358 g/mol. The van der Waals surface area contributed by atoms with Gasteiger partial charge in [0.2, 0.25) is 5.91 Å². The predicted molar refractivity (Wildman–Crippen MR) is 76.9 cm³/mol. The summed E-state index contributed by atoms with van der Waals surface area (Å²) in [6.45, 7) is 2.98. The van der Waals surface area contributed by atoms with Gasteiger partial charge in [0.25, 0.3) is 5.91 Å². The maximum atomic E-state index is 12.3. The molecule has 2 N–H and O–H groups in total. The third kappa shape index (κ3) is 2.66. The summed E-state index contributed by atoms with van der Waals surface area (Å²) in [5.74, 6) is -0.435. The molecule has 0 bridgehead atoms. The molecule has 0 aliphatic carbocycles. The van der Waals surface area contributed by atoms with E-state index in [1.165, 1.54) is 0 Å². The molecule has 2 rings (SSSR count).